The van der Waals surface area contributed by atoms with E-state index in [0.717, 1.165) is 33.5 Å². The number of hydrogen-bond acceptors (Lipinski definition) is 5. The third-order valence-corrected chi connectivity index (χ3v) is 8.62. The fourth-order valence-electron chi connectivity index (χ4n) is 5.92. The van der Waals surface area contributed by atoms with Crippen molar-refractivity contribution in [2.45, 2.75) is 13.0 Å². The van der Waals surface area contributed by atoms with Crippen molar-refractivity contribution in [2.24, 2.45) is 0 Å². The molecule has 50 heavy (non-hydrogen) atoms. The Bertz CT molecular complexity index is 2140. The zero-order valence-electron chi connectivity index (χ0n) is 26.7. The van der Waals surface area contributed by atoms with E-state index in [9.17, 15) is 37.1 Å². The van der Waals surface area contributed by atoms with Crippen LogP contribution >= 0.6 is 0 Å². The lowest BCUT2D eigenvalue weighted by Crippen LogP contribution is -2.50. The van der Waals surface area contributed by atoms with E-state index < -0.39 is 63.8 Å². The number of anilines is 1. The molecule has 0 spiro atoms. The number of halogens is 4. The molecular weight excluding hydrogens is 650 g/mol. The van der Waals surface area contributed by atoms with Gasteiger partial charge in [-0.05, 0) is 53.1 Å². The molecule has 6 rings (SSSR count). The van der Waals surface area contributed by atoms with Crippen molar-refractivity contribution in [3.05, 3.63) is 165 Å². The Labute approximate surface area is 285 Å². The minimum absolute atomic E-state index is 0.0472. The molecule has 1 N–H and O–H groups in total. The molecule has 2 heterocycles. The number of carbonyl (C=O) groups excluding carboxylic acids is 2. The molecule has 0 atom stereocenters. The largest absolute Gasteiger partial charge is 0.507 e. The van der Waals surface area contributed by atoms with Gasteiger partial charge in [-0.2, -0.15) is 0 Å². The summed E-state index contributed by atoms with van der Waals surface area (Å²) in [4.78, 5) is 43.1. The standard InChI is InChI=1S/C39H31F4N3O4/c40-32-9-5-4-8-28(32)24-46-23-25(20-30-33(41)14-15-34(42)37(30)43)21-31(38(46)49)35(47)22-36(48)39(50)45-18-16-44(17-19-45)29-12-10-27(11-13-29)26-6-2-1-3-7-26/h1-15,21-23,47H,16-20,24H2. The number of aromatic nitrogens is 1. The highest BCUT2D eigenvalue weighted by atomic mass is 19.2. The van der Waals surface area contributed by atoms with Gasteiger partial charge in [0.1, 0.15) is 17.4 Å². The molecular formula is C39H31F4N3O4. The monoisotopic (exact) mass is 681 g/mol. The first-order chi connectivity index (χ1) is 24.1. The molecule has 1 fully saturated rings. The molecule has 1 amide bonds. The Morgan fingerprint density at radius 2 is 1.38 bits per heavy atom. The van der Waals surface area contributed by atoms with Gasteiger partial charge in [0, 0.05) is 61.7 Å². The Kier molecular flexibility index (Phi) is 9.94. The summed E-state index contributed by atoms with van der Waals surface area (Å²) < 4.78 is 58.5. The minimum atomic E-state index is -1.43. The van der Waals surface area contributed by atoms with Gasteiger partial charge in [0.05, 0.1) is 12.1 Å². The van der Waals surface area contributed by atoms with E-state index in [-0.39, 0.29) is 30.8 Å². The Balaban J connectivity index is 1.20. The minimum Gasteiger partial charge on any atom is -0.507 e. The molecule has 0 bridgehead atoms. The smallest absolute Gasteiger partial charge is 0.294 e. The van der Waals surface area contributed by atoms with Gasteiger partial charge < -0.3 is 19.5 Å². The number of amides is 1. The third-order valence-electron chi connectivity index (χ3n) is 8.62. The van der Waals surface area contributed by atoms with Gasteiger partial charge in [0.15, 0.2) is 11.6 Å². The molecule has 1 saturated heterocycles. The molecule has 1 aliphatic rings. The van der Waals surface area contributed by atoms with Gasteiger partial charge >= 0.3 is 0 Å². The summed E-state index contributed by atoms with van der Waals surface area (Å²) in [6.07, 6.45) is 1.28. The first-order valence-corrected chi connectivity index (χ1v) is 15.8. The Morgan fingerprint density at radius 3 is 2.08 bits per heavy atom. The maximum Gasteiger partial charge on any atom is 0.294 e. The van der Waals surface area contributed by atoms with Crippen LogP contribution in [0.2, 0.25) is 0 Å². The van der Waals surface area contributed by atoms with E-state index >= 15 is 0 Å². The van der Waals surface area contributed by atoms with E-state index in [1.807, 2.05) is 54.6 Å². The lowest BCUT2D eigenvalue weighted by molar-refractivity contribution is -0.142. The molecule has 4 aromatic carbocycles. The van der Waals surface area contributed by atoms with Crippen LogP contribution in [-0.4, -0.2) is 52.4 Å². The van der Waals surface area contributed by atoms with Crippen LogP contribution in [0.5, 0.6) is 0 Å². The summed E-state index contributed by atoms with van der Waals surface area (Å²) in [5.41, 5.74) is 1.30. The van der Waals surface area contributed by atoms with Crippen molar-refractivity contribution in [3.8, 4) is 11.1 Å². The van der Waals surface area contributed by atoms with Crippen LogP contribution in [-0.2, 0) is 22.6 Å². The average Bonchev–Trinajstić information content (AvgIpc) is 3.14. The number of benzene rings is 4. The molecule has 1 aliphatic heterocycles. The molecule has 7 nitrogen and oxygen atoms in total. The summed E-state index contributed by atoms with van der Waals surface area (Å²) in [6, 6.07) is 26.1. The van der Waals surface area contributed by atoms with Crippen LogP contribution in [0.4, 0.5) is 23.2 Å². The zero-order valence-corrected chi connectivity index (χ0v) is 26.7. The number of ketones is 1. The molecule has 0 radical (unpaired) electrons. The second-order valence-electron chi connectivity index (χ2n) is 11.9. The second kappa shape index (κ2) is 14.7. The lowest BCUT2D eigenvalue weighted by atomic mass is 10.0. The predicted molar refractivity (Wildman–Crippen MR) is 182 cm³/mol. The zero-order chi connectivity index (χ0) is 35.4. The van der Waals surface area contributed by atoms with Crippen molar-refractivity contribution in [1.29, 1.82) is 0 Å². The number of rotatable bonds is 9. The lowest BCUT2D eigenvalue weighted by Gasteiger charge is -2.35. The first kappa shape index (κ1) is 33.9. The summed E-state index contributed by atoms with van der Waals surface area (Å²) in [6.45, 7) is 1.04. The van der Waals surface area contributed by atoms with Crippen LogP contribution in [0.3, 0.4) is 0 Å². The summed E-state index contributed by atoms with van der Waals surface area (Å²) in [5, 5.41) is 11.0. The normalized spacial score (nSPS) is 13.4. The van der Waals surface area contributed by atoms with Crippen molar-refractivity contribution < 1.29 is 32.3 Å². The maximum absolute atomic E-state index is 14.5. The van der Waals surface area contributed by atoms with Crippen molar-refractivity contribution in [1.82, 2.24) is 9.47 Å². The van der Waals surface area contributed by atoms with Gasteiger partial charge in [-0.1, -0.05) is 60.7 Å². The van der Waals surface area contributed by atoms with Crippen molar-refractivity contribution in [3.63, 3.8) is 0 Å². The van der Waals surface area contributed by atoms with Crippen LogP contribution < -0.4 is 10.5 Å². The van der Waals surface area contributed by atoms with Crippen molar-refractivity contribution >= 4 is 23.1 Å². The number of nitrogens with zero attached hydrogens (tertiary/aromatic N) is 3. The number of aliphatic hydroxyl groups excluding tert-OH is 1. The van der Waals surface area contributed by atoms with E-state index in [1.165, 1.54) is 29.3 Å². The van der Waals surface area contributed by atoms with Crippen LogP contribution in [0, 0.1) is 23.3 Å². The fraction of sp³-hybridized carbons (Fsp3) is 0.154. The van der Waals surface area contributed by atoms with Crippen LogP contribution in [0.15, 0.2) is 114 Å². The molecule has 5 aromatic rings. The predicted octanol–water partition coefficient (Wildman–Crippen LogP) is 6.53. The van der Waals surface area contributed by atoms with E-state index in [1.54, 1.807) is 6.07 Å². The Morgan fingerprint density at radius 1 is 0.740 bits per heavy atom. The van der Waals surface area contributed by atoms with Gasteiger partial charge in [0.25, 0.3) is 11.5 Å². The molecule has 0 saturated carbocycles. The number of carbonyl (C=O) groups is 2. The number of aliphatic hydroxyl groups is 1. The maximum atomic E-state index is 14.5. The number of pyridine rings is 1. The summed E-state index contributed by atoms with van der Waals surface area (Å²) in [5.74, 6) is -7.22. The molecule has 0 unspecified atom stereocenters. The molecule has 1 aromatic heterocycles. The van der Waals surface area contributed by atoms with Gasteiger partial charge in [-0.15, -0.1) is 0 Å². The topological polar surface area (TPSA) is 82.8 Å². The highest BCUT2D eigenvalue weighted by Gasteiger charge is 2.26. The van der Waals surface area contributed by atoms with Gasteiger partial charge in [-0.3, -0.25) is 14.4 Å². The van der Waals surface area contributed by atoms with Crippen LogP contribution in [0.1, 0.15) is 22.3 Å². The summed E-state index contributed by atoms with van der Waals surface area (Å²) >= 11 is 0. The first-order valence-electron chi connectivity index (χ1n) is 15.8. The second-order valence-corrected chi connectivity index (χ2v) is 11.9. The SMILES string of the molecule is O=C(C=C(O)c1cc(Cc2c(F)ccc(F)c2F)cn(Cc2ccccc2F)c1=O)C(=O)N1CCN(c2ccc(-c3ccccc3)cc2)CC1. The fourth-order valence-corrected chi connectivity index (χ4v) is 5.92. The summed E-state index contributed by atoms with van der Waals surface area (Å²) in [7, 11) is 0. The average molecular weight is 682 g/mol. The number of piperazine rings is 1. The molecule has 0 aliphatic carbocycles. The van der Waals surface area contributed by atoms with E-state index in [2.05, 4.69) is 4.90 Å². The van der Waals surface area contributed by atoms with E-state index in [0.29, 0.717) is 25.2 Å². The van der Waals surface area contributed by atoms with E-state index in [4.69, 9.17) is 0 Å². The van der Waals surface area contributed by atoms with Crippen molar-refractivity contribution in [2.75, 3.05) is 31.1 Å². The van der Waals surface area contributed by atoms with Crippen LogP contribution in [0.25, 0.3) is 16.9 Å². The van der Waals surface area contributed by atoms with Gasteiger partial charge in [-0.25, -0.2) is 17.6 Å². The molecule has 11 heteroatoms. The third kappa shape index (κ3) is 7.36. The molecule has 254 valence electrons. The quantitative estimate of drug-likeness (QED) is 0.0630. The Hall–Kier alpha value is -5.97. The highest BCUT2D eigenvalue weighted by molar-refractivity contribution is 6.41. The van der Waals surface area contributed by atoms with Gasteiger partial charge in [0.2, 0.25) is 5.78 Å². The highest BCUT2D eigenvalue weighted by Crippen LogP contribution is 2.25. The number of hydrogen-bond donors (Lipinski definition) is 1.